The first kappa shape index (κ1) is 15.1. The molecule has 1 aromatic carbocycles. The zero-order valence-electron chi connectivity index (χ0n) is 11.4. The van der Waals surface area contributed by atoms with Gasteiger partial charge in [0.05, 0.1) is 24.4 Å². The van der Waals surface area contributed by atoms with Gasteiger partial charge < -0.3 is 9.84 Å². The van der Waals surface area contributed by atoms with Crippen LogP contribution in [0.5, 0.6) is 0 Å². The summed E-state index contributed by atoms with van der Waals surface area (Å²) in [6, 6.07) is 5.00. The lowest BCUT2D eigenvalue weighted by Gasteiger charge is -2.30. The molecule has 0 spiro atoms. The van der Waals surface area contributed by atoms with Gasteiger partial charge in [-0.05, 0) is 37.1 Å². The number of benzene rings is 1. The van der Waals surface area contributed by atoms with Crippen molar-refractivity contribution in [1.82, 2.24) is 0 Å². The van der Waals surface area contributed by atoms with E-state index in [1.165, 1.54) is 12.1 Å². The van der Waals surface area contributed by atoms with Crippen LogP contribution in [0.2, 0.25) is 0 Å². The quantitative estimate of drug-likeness (QED) is 0.794. The van der Waals surface area contributed by atoms with Crippen LogP contribution in [0.25, 0.3) is 0 Å². The molecule has 20 heavy (non-hydrogen) atoms. The maximum absolute atomic E-state index is 12.5. The van der Waals surface area contributed by atoms with Crippen LogP contribution in [-0.4, -0.2) is 17.8 Å². The molecule has 0 bridgehead atoms. The van der Waals surface area contributed by atoms with Crippen molar-refractivity contribution in [2.24, 2.45) is 0 Å². The van der Waals surface area contributed by atoms with Gasteiger partial charge in [0.2, 0.25) is 0 Å². The maximum atomic E-state index is 12.5. The number of ether oxygens (including phenoxy) is 1. The van der Waals surface area contributed by atoms with Crippen LogP contribution in [0.3, 0.4) is 0 Å². The molecule has 1 aliphatic heterocycles. The number of halogens is 3. The van der Waals surface area contributed by atoms with Crippen LogP contribution in [0.1, 0.15) is 37.5 Å². The average molecular weight is 286 g/mol. The molecule has 0 unspecified atom stereocenters. The lowest BCUT2D eigenvalue weighted by Crippen LogP contribution is -2.28. The average Bonchev–Trinajstić information content (AvgIpc) is 2.38. The van der Waals surface area contributed by atoms with E-state index in [9.17, 15) is 18.3 Å². The molecule has 0 aromatic heterocycles. The van der Waals surface area contributed by atoms with Gasteiger partial charge in [-0.3, -0.25) is 0 Å². The summed E-state index contributed by atoms with van der Waals surface area (Å²) in [4.78, 5) is 0. The van der Waals surface area contributed by atoms with E-state index in [1.54, 1.807) is 0 Å². The standard InChI is InChI=1S/C15H17F3O2/c1-9(2)12-7-14(20-8-13(12)19)10-3-5-11(6-4-10)15(16,17)18/h3-6,13-14,19H,7-8H2,1-2H3/t13-,14-/m1/s1. The molecule has 1 heterocycles. The minimum atomic E-state index is -4.33. The van der Waals surface area contributed by atoms with E-state index < -0.39 is 17.8 Å². The van der Waals surface area contributed by atoms with Crippen LogP contribution < -0.4 is 0 Å². The van der Waals surface area contributed by atoms with Gasteiger partial charge in [0, 0.05) is 6.42 Å². The Kier molecular flexibility index (Phi) is 4.20. The Balaban J connectivity index is 2.19. The fourth-order valence-electron chi connectivity index (χ4n) is 2.34. The maximum Gasteiger partial charge on any atom is 0.416 e. The lowest BCUT2D eigenvalue weighted by molar-refractivity contribution is -0.137. The van der Waals surface area contributed by atoms with E-state index in [-0.39, 0.29) is 12.7 Å². The Labute approximate surface area is 115 Å². The second kappa shape index (κ2) is 5.58. The van der Waals surface area contributed by atoms with Crippen molar-refractivity contribution >= 4 is 0 Å². The molecule has 2 nitrogen and oxygen atoms in total. The van der Waals surface area contributed by atoms with Gasteiger partial charge in [-0.2, -0.15) is 13.2 Å². The number of rotatable bonds is 1. The molecule has 1 aromatic rings. The number of aliphatic hydroxyl groups excluding tert-OH is 1. The Morgan fingerprint density at radius 1 is 1.20 bits per heavy atom. The third kappa shape index (κ3) is 3.22. The van der Waals surface area contributed by atoms with Crippen molar-refractivity contribution in [3.8, 4) is 0 Å². The fraction of sp³-hybridized carbons (Fsp3) is 0.467. The van der Waals surface area contributed by atoms with Crippen LogP contribution in [0.15, 0.2) is 35.4 Å². The molecule has 0 aliphatic carbocycles. The molecule has 5 heteroatoms. The number of alkyl halides is 3. The predicted molar refractivity (Wildman–Crippen MR) is 69.1 cm³/mol. The molecule has 1 aliphatic rings. The molecule has 2 rings (SSSR count). The minimum Gasteiger partial charge on any atom is -0.386 e. The van der Waals surface area contributed by atoms with Gasteiger partial charge in [0.15, 0.2) is 0 Å². The number of aliphatic hydroxyl groups is 1. The summed E-state index contributed by atoms with van der Waals surface area (Å²) in [6.45, 7) is 3.99. The highest BCUT2D eigenvalue weighted by Gasteiger charge is 2.31. The molecule has 0 amide bonds. The second-order valence-electron chi connectivity index (χ2n) is 5.19. The zero-order valence-corrected chi connectivity index (χ0v) is 11.4. The Bertz CT molecular complexity index is 499. The van der Waals surface area contributed by atoms with Crippen LogP contribution in [-0.2, 0) is 10.9 Å². The van der Waals surface area contributed by atoms with Gasteiger partial charge in [-0.25, -0.2) is 0 Å². The highest BCUT2D eigenvalue weighted by atomic mass is 19.4. The van der Waals surface area contributed by atoms with Crippen LogP contribution >= 0.6 is 0 Å². The summed E-state index contributed by atoms with van der Waals surface area (Å²) in [5.74, 6) is 0. The second-order valence-corrected chi connectivity index (χ2v) is 5.19. The smallest absolute Gasteiger partial charge is 0.386 e. The number of hydrogen-bond acceptors (Lipinski definition) is 2. The largest absolute Gasteiger partial charge is 0.416 e. The molecular formula is C15H17F3O2. The normalized spacial score (nSPS) is 23.8. The van der Waals surface area contributed by atoms with Crippen molar-refractivity contribution < 1.29 is 23.0 Å². The SMILES string of the molecule is CC(C)=C1C[C@H](c2ccc(C(F)(F)F)cc2)OC[C@H]1O. The van der Waals surface area contributed by atoms with Gasteiger partial charge >= 0.3 is 6.18 Å². The molecule has 1 saturated heterocycles. The Morgan fingerprint density at radius 2 is 1.80 bits per heavy atom. The highest BCUT2D eigenvalue weighted by molar-refractivity contribution is 5.29. The minimum absolute atomic E-state index is 0.173. The Morgan fingerprint density at radius 3 is 2.30 bits per heavy atom. The number of allylic oxidation sites excluding steroid dienone is 1. The van der Waals surface area contributed by atoms with Crippen molar-refractivity contribution in [1.29, 1.82) is 0 Å². The Hall–Kier alpha value is -1.33. The van der Waals surface area contributed by atoms with Gasteiger partial charge in [0.25, 0.3) is 0 Å². The van der Waals surface area contributed by atoms with E-state index in [0.717, 1.165) is 23.3 Å². The zero-order chi connectivity index (χ0) is 14.9. The van der Waals surface area contributed by atoms with Crippen LogP contribution in [0, 0.1) is 0 Å². The van der Waals surface area contributed by atoms with E-state index in [1.807, 2.05) is 13.8 Å². The molecule has 1 N–H and O–H groups in total. The molecule has 2 atom stereocenters. The topological polar surface area (TPSA) is 29.5 Å². The molecule has 0 radical (unpaired) electrons. The van der Waals surface area contributed by atoms with E-state index >= 15 is 0 Å². The summed E-state index contributed by atoms with van der Waals surface area (Å²) >= 11 is 0. The highest BCUT2D eigenvalue weighted by Crippen LogP contribution is 2.35. The lowest BCUT2D eigenvalue weighted by atomic mass is 9.92. The predicted octanol–water partition coefficient (Wildman–Crippen LogP) is 3.86. The summed E-state index contributed by atoms with van der Waals surface area (Å²) in [6.07, 6.45) is -4.74. The van der Waals surface area contributed by atoms with Gasteiger partial charge in [-0.15, -0.1) is 0 Å². The first-order chi connectivity index (χ1) is 9.29. The molecule has 1 fully saturated rings. The summed E-state index contributed by atoms with van der Waals surface area (Å²) < 4.78 is 43.0. The first-order valence-electron chi connectivity index (χ1n) is 6.42. The van der Waals surface area contributed by atoms with E-state index in [0.29, 0.717) is 12.0 Å². The monoisotopic (exact) mass is 286 g/mol. The van der Waals surface area contributed by atoms with Crippen molar-refractivity contribution in [2.75, 3.05) is 6.61 Å². The first-order valence-corrected chi connectivity index (χ1v) is 6.42. The van der Waals surface area contributed by atoms with Crippen molar-refractivity contribution in [3.05, 3.63) is 46.5 Å². The third-order valence-corrected chi connectivity index (χ3v) is 3.51. The summed E-state index contributed by atoms with van der Waals surface area (Å²) in [5.41, 5.74) is 1.96. The van der Waals surface area contributed by atoms with E-state index in [2.05, 4.69) is 0 Å². The number of hydrogen-bond donors (Lipinski definition) is 1. The molecule has 0 saturated carbocycles. The van der Waals surface area contributed by atoms with Gasteiger partial charge in [0.1, 0.15) is 0 Å². The molecule has 110 valence electrons. The van der Waals surface area contributed by atoms with Crippen molar-refractivity contribution in [2.45, 2.75) is 38.7 Å². The van der Waals surface area contributed by atoms with Gasteiger partial charge in [-0.1, -0.05) is 17.7 Å². The summed E-state index contributed by atoms with van der Waals surface area (Å²) in [5, 5.41) is 9.82. The van der Waals surface area contributed by atoms with E-state index in [4.69, 9.17) is 4.74 Å². The third-order valence-electron chi connectivity index (χ3n) is 3.51. The fourth-order valence-corrected chi connectivity index (χ4v) is 2.34. The molecular weight excluding hydrogens is 269 g/mol. The summed E-state index contributed by atoms with van der Waals surface area (Å²) in [7, 11) is 0. The van der Waals surface area contributed by atoms with Crippen LogP contribution in [0.4, 0.5) is 13.2 Å². The van der Waals surface area contributed by atoms with Crippen molar-refractivity contribution in [3.63, 3.8) is 0 Å².